The number of aliphatic hydroxyl groups excluding tert-OH is 1. The van der Waals surface area contributed by atoms with Gasteiger partial charge in [-0.15, -0.1) is 0 Å². The van der Waals surface area contributed by atoms with Gasteiger partial charge in [-0.3, -0.25) is 9.63 Å². The quantitative estimate of drug-likeness (QED) is 0.564. The molecule has 5 nitrogen and oxygen atoms in total. The van der Waals surface area contributed by atoms with Crippen molar-refractivity contribution in [3.63, 3.8) is 0 Å². The SMILES string of the molecule is CN(C)CC(=O)N1C[C@@H](O)CO1. The predicted molar refractivity (Wildman–Crippen MR) is 42.2 cm³/mol. The van der Waals surface area contributed by atoms with Crippen molar-refractivity contribution in [2.24, 2.45) is 0 Å². The van der Waals surface area contributed by atoms with E-state index in [4.69, 9.17) is 9.94 Å². The molecule has 1 rings (SSSR count). The van der Waals surface area contributed by atoms with Crippen LogP contribution >= 0.6 is 0 Å². The van der Waals surface area contributed by atoms with Crippen LogP contribution in [0.3, 0.4) is 0 Å². The molecule has 1 aliphatic rings. The second-order valence-electron chi connectivity index (χ2n) is 3.14. The third-order valence-corrected chi connectivity index (χ3v) is 1.53. The van der Waals surface area contributed by atoms with Crippen LogP contribution in [0.1, 0.15) is 0 Å². The van der Waals surface area contributed by atoms with E-state index in [2.05, 4.69) is 0 Å². The van der Waals surface area contributed by atoms with E-state index in [0.717, 1.165) is 0 Å². The number of likely N-dealkylation sites (N-methyl/N-ethyl adjacent to an activating group) is 1. The van der Waals surface area contributed by atoms with E-state index < -0.39 is 6.10 Å². The number of carbonyl (C=O) groups excluding carboxylic acids is 1. The number of rotatable bonds is 2. The molecule has 0 spiro atoms. The zero-order chi connectivity index (χ0) is 9.14. The van der Waals surface area contributed by atoms with Gasteiger partial charge in [-0.05, 0) is 14.1 Å². The highest BCUT2D eigenvalue weighted by Crippen LogP contribution is 2.05. The van der Waals surface area contributed by atoms with Crippen molar-refractivity contribution in [3.8, 4) is 0 Å². The number of aliphatic hydroxyl groups is 1. The Hall–Kier alpha value is -0.650. The summed E-state index contributed by atoms with van der Waals surface area (Å²) in [6.07, 6.45) is -0.531. The second kappa shape index (κ2) is 3.84. The summed E-state index contributed by atoms with van der Waals surface area (Å²) < 4.78 is 0. The summed E-state index contributed by atoms with van der Waals surface area (Å²) in [6, 6.07) is 0. The summed E-state index contributed by atoms with van der Waals surface area (Å²) in [6.45, 7) is 0.818. The van der Waals surface area contributed by atoms with Crippen LogP contribution in [0.2, 0.25) is 0 Å². The van der Waals surface area contributed by atoms with E-state index in [9.17, 15) is 4.79 Å². The summed E-state index contributed by atoms with van der Waals surface area (Å²) in [5.74, 6) is -0.114. The fourth-order valence-electron chi connectivity index (χ4n) is 0.996. The van der Waals surface area contributed by atoms with E-state index in [1.807, 2.05) is 14.1 Å². The standard InChI is InChI=1S/C7H14N2O3/c1-8(2)4-7(11)9-3-6(10)5-12-9/h6,10H,3-5H2,1-2H3/t6-/m1/s1. The molecule has 1 amide bonds. The predicted octanol–water partition coefficient (Wildman–Crippen LogP) is -1.32. The summed E-state index contributed by atoms with van der Waals surface area (Å²) in [5, 5.41) is 10.3. The highest BCUT2D eigenvalue weighted by Gasteiger charge is 2.25. The van der Waals surface area contributed by atoms with Gasteiger partial charge in [0.2, 0.25) is 0 Å². The molecule has 0 aromatic carbocycles. The van der Waals surface area contributed by atoms with Gasteiger partial charge in [-0.1, -0.05) is 0 Å². The van der Waals surface area contributed by atoms with Gasteiger partial charge in [0.05, 0.1) is 19.2 Å². The molecule has 1 saturated heterocycles. The number of nitrogens with zero attached hydrogens (tertiary/aromatic N) is 2. The molecule has 0 saturated carbocycles. The molecule has 1 heterocycles. The molecule has 0 aromatic rings. The lowest BCUT2D eigenvalue weighted by molar-refractivity contribution is -0.169. The van der Waals surface area contributed by atoms with Crippen molar-refractivity contribution >= 4 is 5.91 Å². The molecular weight excluding hydrogens is 160 g/mol. The summed E-state index contributed by atoms with van der Waals surface area (Å²) in [7, 11) is 3.62. The molecule has 0 aromatic heterocycles. The van der Waals surface area contributed by atoms with Crippen molar-refractivity contribution in [1.82, 2.24) is 9.96 Å². The fraction of sp³-hybridized carbons (Fsp3) is 0.857. The largest absolute Gasteiger partial charge is 0.389 e. The Morgan fingerprint density at radius 2 is 2.42 bits per heavy atom. The van der Waals surface area contributed by atoms with Crippen molar-refractivity contribution in [3.05, 3.63) is 0 Å². The minimum absolute atomic E-state index is 0.114. The average molecular weight is 174 g/mol. The molecule has 0 unspecified atom stereocenters. The average Bonchev–Trinajstić information content (AvgIpc) is 2.34. The Morgan fingerprint density at radius 1 is 1.75 bits per heavy atom. The maximum Gasteiger partial charge on any atom is 0.260 e. The first kappa shape index (κ1) is 9.44. The van der Waals surface area contributed by atoms with Gasteiger partial charge in [0.1, 0.15) is 6.61 Å². The number of carbonyl (C=O) groups is 1. The second-order valence-corrected chi connectivity index (χ2v) is 3.14. The third kappa shape index (κ3) is 2.44. The zero-order valence-corrected chi connectivity index (χ0v) is 7.36. The lowest BCUT2D eigenvalue weighted by Gasteiger charge is -2.16. The van der Waals surface area contributed by atoms with Crippen LogP contribution in [0.25, 0.3) is 0 Å². The topological polar surface area (TPSA) is 53.0 Å². The molecule has 1 atom stereocenters. The first-order valence-electron chi connectivity index (χ1n) is 3.85. The number of amides is 1. The van der Waals surface area contributed by atoms with Gasteiger partial charge in [0.15, 0.2) is 0 Å². The molecule has 5 heteroatoms. The van der Waals surface area contributed by atoms with E-state index in [-0.39, 0.29) is 19.1 Å². The maximum absolute atomic E-state index is 11.2. The van der Waals surface area contributed by atoms with E-state index in [1.54, 1.807) is 4.90 Å². The molecule has 1 fully saturated rings. The maximum atomic E-state index is 11.2. The first-order chi connectivity index (χ1) is 5.59. The Balaban J connectivity index is 2.33. The minimum Gasteiger partial charge on any atom is -0.389 e. The number of hydroxylamine groups is 2. The lowest BCUT2D eigenvalue weighted by Crippen LogP contribution is -2.35. The Labute approximate surface area is 71.5 Å². The highest BCUT2D eigenvalue weighted by molar-refractivity contribution is 5.77. The van der Waals surface area contributed by atoms with Crippen LogP contribution in [0.15, 0.2) is 0 Å². The number of hydrogen-bond donors (Lipinski definition) is 1. The van der Waals surface area contributed by atoms with Crippen LogP contribution in [-0.2, 0) is 9.63 Å². The third-order valence-electron chi connectivity index (χ3n) is 1.53. The van der Waals surface area contributed by atoms with Gasteiger partial charge in [0.25, 0.3) is 5.91 Å². The monoisotopic (exact) mass is 174 g/mol. The van der Waals surface area contributed by atoms with E-state index in [0.29, 0.717) is 6.54 Å². The lowest BCUT2D eigenvalue weighted by atomic mass is 10.4. The highest BCUT2D eigenvalue weighted by atomic mass is 16.7. The summed E-state index contributed by atoms with van der Waals surface area (Å²) >= 11 is 0. The van der Waals surface area contributed by atoms with E-state index in [1.165, 1.54) is 5.06 Å². The van der Waals surface area contributed by atoms with Crippen LogP contribution in [0, 0.1) is 0 Å². The molecule has 1 aliphatic heterocycles. The van der Waals surface area contributed by atoms with Gasteiger partial charge in [0, 0.05) is 0 Å². The number of hydrogen-bond acceptors (Lipinski definition) is 4. The molecule has 12 heavy (non-hydrogen) atoms. The smallest absolute Gasteiger partial charge is 0.260 e. The van der Waals surface area contributed by atoms with Crippen molar-refractivity contribution < 1.29 is 14.7 Å². The van der Waals surface area contributed by atoms with Crippen molar-refractivity contribution in [2.75, 3.05) is 33.8 Å². The van der Waals surface area contributed by atoms with Gasteiger partial charge < -0.3 is 10.0 Å². The summed E-state index contributed by atoms with van der Waals surface area (Å²) in [4.78, 5) is 17.9. The van der Waals surface area contributed by atoms with Gasteiger partial charge in [-0.25, -0.2) is 5.06 Å². The van der Waals surface area contributed by atoms with Gasteiger partial charge in [-0.2, -0.15) is 0 Å². The molecular formula is C7H14N2O3. The Bertz CT molecular complexity index is 172. The van der Waals surface area contributed by atoms with Crippen LogP contribution < -0.4 is 0 Å². The van der Waals surface area contributed by atoms with Crippen molar-refractivity contribution in [2.45, 2.75) is 6.10 Å². The summed E-state index contributed by atoms with van der Waals surface area (Å²) in [5.41, 5.74) is 0. The van der Waals surface area contributed by atoms with Crippen LogP contribution in [0.5, 0.6) is 0 Å². The minimum atomic E-state index is -0.531. The Kier molecular flexibility index (Phi) is 3.02. The molecule has 70 valence electrons. The zero-order valence-electron chi connectivity index (χ0n) is 7.36. The Morgan fingerprint density at radius 3 is 2.83 bits per heavy atom. The molecule has 0 radical (unpaired) electrons. The molecule has 0 bridgehead atoms. The molecule has 1 N–H and O–H groups in total. The van der Waals surface area contributed by atoms with Crippen LogP contribution in [-0.4, -0.2) is 60.9 Å². The van der Waals surface area contributed by atoms with E-state index >= 15 is 0 Å². The number of β-amino-alcohol motifs (C(OH)–C–C–N with tert-alkyl or cyclic N) is 1. The van der Waals surface area contributed by atoms with Crippen LogP contribution in [0.4, 0.5) is 0 Å². The van der Waals surface area contributed by atoms with Gasteiger partial charge >= 0.3 is 0 Å². The van der Waals surface area contributed by atoms with Crippen molar-refractivity contribution in [1.29, 1.82) is 0 Å². The fourth-order valence-corrected chi connectivity index (χ4v) is 0.996. The normalized spacial score (nSPS) is 23.7. The first-order valence-corrected chi connectivity index (χ1v) is 3.85. The molecule has 0 aliphatic carbocycles.